The third kappa shape index (κ3) is 5.02. The van der Waals surface area contributed by atoms with E-state index in [9.17, 15) is 5.11 Å². The minimum atomic E-state index is -0.587. The van der Waals surface area contributed by atoms with Crippen LogP contribution in [0.15, 0.2) is 48.5 Å². The summed E-state index contributed by atoms with van der Waals surface area (Å²) in [5.74, 6) is 0.429. The smallest absolute Gasteiger partial charge is 0.156 e. The van der Waals surface area contributed by atoms with E-state index in [1.807, 2.05) is 6.07 Å². The first-order valence-electron chi connectivity index (χ1n) is 8.40. The van der Waals surface area contributed by atoms with E-state index < -0.39 is 6.10 Å². The van der Waals surface area contributed by atoms with Gasteiger partial charge in [0.1, 0.15) is 12.7 Å². The van der Waals surface area contributed by atoms with Gasteiger partial charge in [0.25, 0.3) is 0 Å². The van der Waals surface area contributed by atoms with Crippen LogP contribution in [0.2, 0.25) is 10.0 Å². The first-order chi connectivity index (χ1) is 12.1. The van der Waals surface area contributed by atoms with Gasteiger partial charge in [0, 0.05) is 38.4 Å². The van der Waals surface area contributed by atoms with Gasteiger partial charge in [-0.1, -0.05) is 47.5 Å². The van der Waals surface area contributed by atoms with Crippen molar-refractivity contribution < 1.29 is 9.84 Å². The van der Waals surface area contributed by atoms with Crippen molar-refractivity contribution in [3.8, 4) is 5.75 Å². The van der Waals surface area contributed by atoms with Crippen molar-refractivity contribution in [1.82, 2.24) is 4.90 Å². The van der Waals surface area contributed by atoms with Crippen LogP contribution < -0.4 is 9.64 Å². The number of halogens is 2. The van der Waals surface area contributed by atoms with Gasteiger partial charge in [0.15, 0.2) is 5.75 Å². The van der Waals surface area contributed by atoms with Crippen molar-refractivity contribution >= 4 is 28.9 Å². The summed E-state index contributed by atoms with van der Waals surface area (Å²) in [7, 11) is 0. The van der Waals surface area contributed by atoms with Crippen molar-refractivity contribution in [2.24, 2.45) is 0 Å². The number of hydrogen-bond donors (Lipinski definition) is 1. The molecule has 1 heterocycles. The number of para-hydroxylation sites is 2. The quantitative estimate of drug-likeness (QED) is 0.830. The molecular formula is C19H22Cl2N2O2. The molecule has 1 atom stereocenters. The molecule has 1 N–H and O–H groups in total. The Balaban J connectivity index is 1.44. The maximum absolute atomic E-state index is 10.3. The Labute approximate surface area is 158 Å². The van der Waals surface area contributed by atoms with E-state index in [2.05, 4.69) is 34.1 Å². The van der Waals surface area contributed by atoms with Crippen molar-refractivity contribution in [2.45, 2.75) is 6.10 Å². The summed E-state index contributed by atoms with van der Waals surface area (Å²) >= 11 is 12.1. The lowest BCUT2D eigenvalue weighted by molar-refractivity contribution is 0.0664. The van der Waals surface area contributed by atoms with E-state index in [1.54, 1.807) is 18.2 Å². The lowest BCUT2D eigenvalue weighted by Crippen LogP contribution is -2.49. The molecule has 0 radical (unpaired) electrons. The summed E-state index contributed by atoms with van der Waals surface area (Å²) in [6.07, 6.45) is -0.587. The summed E-state index contributed by atoms with van der Waals surface area (Å²) in [6, 6.07) is 15.6. The average molecular weight is 381 g/mol. The van der Waals surface area contributed by atoms with Crippen molar-refractivity contribution in [3.63, 3.8) is 0 Å². The fourth-order valence-electron chi connectivity index (χ4n) is 2.98. The van der Waals surface area contributed by atoms with Gasteiger partial charge >= 0.3 is 0 Å². The second-order valence-electron chi connectivity index (χ2n) is 6.14. The van der Waals surface area contributed by atoms with Gasteiger partial charge in [-0.25, -0.2) is 0 Å². The topological polar surface area (TPSA) is 35.9 Å². The lowest BCUT2D eigenvalue weighted by atomic mass is 10.2. The Morgan fingerprint density at radius 1 is 0.920 bits per heavy atom. The molecule has 25 heavy (non-hydrogen) atoms. The largest absolute Gasteiger partial charge is 0.488 e. The molecule has 0 amide bonds. The molecule has 0 aliphatic carbocycles. The predicted molar refractivity (Wildman–Crippen MR) is 103 cm³/mol. The van der Waals surface area contributed by atoms with Crippen molar-refractivity contribution in [2.75, 3.05) is 44.2 Å². The Morgan fingerprint density at radius 3 is 2.20 bits per heavy atom. The molecule has 6 heteroatoms. The summed E-state index contributed by atoms with van der Waals surface area (Å²) in [4.78, 5) is 4.62. The zero-order chi connectivity index (χ0) is 17.6. The third-order valence-corrected chi connectivity index (χ3v) is 4.90. The molecular weight excluding hydrogens is 359 g/mol. The van der Waals surface area contributed by atoms with Crippen LogP contribution in [0.25, 0.3) is 0 Å². The Hall–Kier alpha value is -1.46. The van der Waals surface area contributed by atoms with E-state index in [0.29, 0.717) is 22.3 Å². The standard InChI is InChI=1S/C19H22Cl2N2O2/c20-17-7-4-8-18(21)19(17)25-14-16(24)13-22-9-11-23(12-10-22)15-5-2-1-3-6-15/h1-8,16,24H,9-14H2/t16-/m0/s1. The zero-order valence-corrected chi connectivity index (χ0v) is 15.5. The van der Waals surface area contributed by atoms with Gasteiger partial charge < -0.3 is 14.7 Å². The van der Waals surface area contributed by atoms with Crippen LogP contribution in [0, 0.1) is 0 Å². The number of aliphatic hydroxyl groups is 1. The highest BCUT2D eigenvalue weighted by Crippen LogP contribution is 2.32. The number of β-amino-alcohol motifs (C(OH)–C–C–N with tert-alkyl or cyclic N) is 1. The van der Waals surface area contributed by atoms with E-state index >= 15 is 0 Å². The number of rotatable bonds is 6. The molecule has 2 aromatic rings. The summed E-state index contributed by atoms with van der Waals surface area (Å²) in [5, 5.41) is 11.2. The van der Waals surface area contributed by atoms with E-state index in [0.717, 1.165) is 26.2 Å². The fourth-order valence-corrected chi connectivity index (χ4v) is 3.48. The molecule has 1 aliphatic heterocycles. The fraction of sp³-hybridized carbons (Fsp3) is 0.368. The predicted octanol–water partition coefficient (Wildman–Crippen LogP) is 3.56. The molecule has 0 aromatic heterocycles. The molecule has 1 fully saturated rings. The molecule has 134 valence electrons. The van der Waals surface area contributed by atoms with Crippen LogP contribution in [0.4, 0.5) is 5.69 Å². The first kappa shape index (κ1) is 18.3. The average Bonchev–Trinajstić information content (AvgIpc) is 2.63. The number of nitrogens with zero attached hydrogens (tertiary/aromatic N) is 2. The third-order valence-electron chi connectivity index (χ3n) is 4.30. The van der Waals surface area contributed by atoms with Crippen LogP contribution >= 0.6 is 23.2 Å². The number of aliphatic hydroxyl groups excluding tert-OH is 1. The minimum absolute atomic E-state index is 0.169. The van der Waals surface area contributed by atoms with Crippen molar-refractivity contribution in [3.05, 3.63) is 58.6 Å². The number of ether oxygens (including phenoxy) is 1. The maximum atomic E-state index is 10.3. The number of piperazine rings is 1. The van der Waals surface area contributed by atoms with Gasteiger partial charge in [-0.15, -0.1) is 0 Å². The number of hydrogen-bond acceptors (Lipinski definition) is 4. The van der Waals surface area contributed by atoms with E-state index in [-0.39, 0.29) is 6.61 Å². The molecule has 1 aliphatic rings. The van der Waals surface area contributed by atoms with Gasteiger partial charge in [-0.3, -0.25) is 4.90 Å². The van der Waals surface area contributed by atoms with Crippen LogP contribution in [0.3, 0.4) is 0 Å². The zero-order valence-electron chi connectivity index (χ0n) is 13.9. The second-order valence-corrected chi connectivity index (χ2v) is 6.95. The number of benzene rings is 2. The highest BCUT2D eigenvalue weighted by molar-refractivity contribution is 6.37. The van der Waals surface area contributed by atoms with Gasteiger partial charge in [0.2, 0.25) is 0 Å². The van der Waals surface area contributed by atoms with E-state index in [4.69, 9.17) is 27.9 Å². The molecule has 0 unspecified atom stereocenters. The number of anilines is 1. The molecule has 3 rings (SSSR count). The van der Waals surface area contributed by atoms with Gasteiger partial charge in [-0.2, -0.15) is 0 Å². The molecule has 2 aromatic carbocycles. The lowest BCUT2D eigenvalue weighted by Gasteiger charge is -2.36. The molecule has 0 spiro atoms. The highest BCUT2D eigenvalue weighted by atomic mass is 35.5. The highest BCUT2D eigenvalue weighted by Gasteiger charge is 2.20. The van der Waals surface area contributed by atoms with Gasteiger partial charge in [0.05, 0.1) is 10.0 Å². The van der Waals surface area contributed by atoms with Crippen LogP contribution in [-0.4, -0.2) is 55.4 Å². The van der Waals surface area contributed by atoms with Crippen molar-refractivity contribution in [1.29, 1.82) is 0 Å². The Bertz CT molecular complexity index is 656. The molecule has 0 saturated carbocycles. The summed E-state index contributed by atoms with van der Waals surface area (Å²) in [6.45, 7) is 4.48. The SMILES string of the molecule is O[C@H](COc1c(Cl)cccc1Cl)CN1CCN(c2ccccc2)CC1. The second kappa shape index (κ2) is 8.77. The molecule has 4 nitrogen and oxygen atoms in total. The summed E-state index contributed by atoms with van der Waals surface area (Å²) in [5.41, 5.74) is 1.25. The van der Waals surface area contributed by atoms with Crippen LogP contribution in [0.5, 0.6) is 5.75 Å². The Kier molecular flexibility index (Phi) is 6.43. The first-order valence-corrected chi connectivity index (χ1v) is 9.16. The minimum Gasteiger partial charge on any atom is -0.488 e. The summed E-state index contributed by atoms with van der Waals surface area (Å²) < 4.78 is 5.61. The van der Waals surface area contributed by atoms with Gasteiger partial charge in [-0.05, 0) is 24.3 Å². The molecule has 0 bridgehead atoms. The van der Waals surface area contributed by atoms with Crippen LogP contribution in [0.1, 0.15) is 0 Å². The maximum Gasteiger partial charge on any atom is 0.156 e. The monoisotopic (exact) mass is 380 g/mol. The normalized spacial score (nSPS) is 16.7. The molecule has 1 saturated heterocycles. The van der Waals surface area contributed by atoms with E-state index in [1.165, 1.54) is 5.69 Å². The Morgan fingerprint density at radius 2 is 1.56 bits per heavy atom. The van der Waals surface area contributed by atoms with Crippen LogP contribution in [-0.2, 0) is 0 Å².